The largest absolute Gasteiger partial charge is 0.490 e. The van der Waals surface area contributed by atoms with Gasteiger partial charge in [0.05, 0.1) is 6.54 Å². The molecule has 16 heteroatoms. The van der Waals surface area contributed by atoms with Gasteiger partial charge in [0.25, 0.3) is 0 Å². The molecule has 2 unspecified atom stereocenters. The zero-order chi connectivity index (χ0) is 34.4. The number of fused-ring (bicyclic) bond motifs is 1. The van der Waals surface area contributed by atoms with E-state index in [0.29, 0.717) is 31.8 Å². The minimum absolute atomic E-state index is 0.00359. The Morgan fingerprint density at radius 2 is 1.72 bits per heavy atom. The lowest BCUT2D eigenvalue weighted by Crippen LogP contribution is -2.55. The molecule has 12 nitrogen and oxygen atoms in total. The molecule has 0 aliphatic carbocycles. The van der Waals surface area contributed by atoms with Gasteiger partial charge in [-0.05, 0) is 47.6 Å². The maximum absolute atomic E-state index is 13.2. The molecule has 254 valence electrons. The topological polar surface area (TPSA) is 182 Å². The average Bonchev–Trinajstić information content (AvgIpc) is 3.45. The van der Waals surface area contributed by atoms with Crippen LogP contribution in [0.4, 0.5) is 13.2 Å². The molecule has 2 aromatic rings. The van der Waals surface area contributed by atoms with E-state index in [1.807, 2.05) is 53.6 Å². The van der Waals surface area contributed by atoms with Gasteiger partial charge in [0.15, 0.2) is 0 Å². The number of benzene rings is 2. The van der Waals surface area contributed by atoms with Gasteiger partial charge in [-0.2, -0.15) is 24.9 Å². The third-order valence-electron chi connectivity index (χ3n) is 7.17. The highest BCUT2D eigenvalue weighted by atomic mass is 32.2. The van der Waals surface area contributed by atoms with Gasteiger partial charge in [0.2, 0.25) is 17.7 Å². The first kappa shape index (κ1) is 38.3. The van der Waals surface area contributed by atoms with E-state index in [0.717, 1.165) is 29.2 Å². The van der Waals surface area contributed by atoms with Crippen LogP contribution in [0.1, 0.15) is 31.7 Å². The van der Waals surface area contributed by atoms with Crippen molar-refractivity contribution >= 4 is 52.2 Å². The zero-order valence-electron chi connectivity index (χ0n) is 25.6. The van der Waals surface area contributed by atoms with Gasteiger partial charge in [0, 0.05) is 39.1 Å². The number of hydrogen-bond acceptors (Lipinski definition) is 8. The quantitative estimate of drug-likeness (QED) is 0.199. The van der Waals surface area contributed by atoms with Crippen molar-refractivity contribution in [2.75, 3.05) is 38.2 Å². The average molecular weight is 672 g/mol. The number of amides is 3. The van der Waals surface area contributed by atoms with Crippen LogP contribution >= 0.6 is 11.8 Å². The van der Waals surface area contributed by atoms with Crippen LogP contribution in [0.25, 0.3) is 10.8 Å². The molecule has 0 saturated carbocycles. The van der Waals surface area contributed by atoms with Crippen molar-refractivity contribution < 1.29 is 47.4 Å². The van der Waals surface area contributed by atoms with Gasteiger partial charge in [0.1, 0.15) is 12.1 Å². The van der Waals surface area contributed by atoms with E-state index in [4.69, 9.17) is 15.6 Å². The molecule has 46 heavy (non-hydrogen) atoms. The normalized spacial score (nSPS) is 15.9. The fourth-order valence-corrected chi connectivity index (χ4v) is 5.54. The molecule has 3 amide bonds. The van der Waals surface area contributed by atoms with Crippen molar-refractivity contribution in [2.45, 2.75) is 57.0 Å². The first-order chi connectivity index (χ1) is 21.7. The molecule has 2 aromatic carbocycles. The molecule has 1 aliphatic heterocycles. The Morgan fingerprint density at radius 1 is 1.07 bits per heavy atom. The monoisotopic (exact) mass is 671 g/mol. The number of nitrogens with two attached hydrogens (primary N) is 1. The van der Waals surface area contributed by atoms with Crippen LogP contribution in [-0.2, 0) is 30.5 Å². The third-order valence-corrected chi connectivity index (χ3v) is 7.81. The lowest BCUT2D eigenvalue weighted by molar-refractivity contribution is -0.192. The second-order valence-corrected chi connectivity index (χ2v) is 11.7. The number of likely N-dealkylation sites (tertiary alicyclic amines) is 1. The van der Waals surface area contributed by atoms with Gasteiger partial charge in [-0.25, -0.2) is 9.59 Å². The minimum atomic E-state index is -5.08. The molecule has 1 saturated heterocycles. The van der Waals surface area contributed by atoms with Crippen molar-refractivity contribution in [2.24, 2.45) is 5.73 Å². The fourth-order valence-electron chi connectivity index (χ4n) is 5.07. The predicted octanol–water partition coefficient (Wildman–Crippen LogP) is 2.05. The van der Waals surface area contributed by atoms with Crippen LogP contribution in [0.15, 0.2) is 42.5 Å². The maximum atomic E-state index is 13.2. The number of carboxylic acid groups (broad SMARTS) is 2. The molecule has 3 atom stereocenters. The van der Waals surface area contributed by atoms with Crippen LogP contribution in [-0.4, -0.2) is 112 Å². The standard InChI is InChI=1S/C28H39N5O5S.C2HF3O2/c1-19(34)30-25(15-29)27(36)33-13-6-10-22(33)17-32(18-26(35)31-24(28(37)38)12-14-39-2)16-21-9-5-8-20-7-3-4-11-23(20)21;3-2(4,5)1(6)7/h3-5,7-9,11,22,24-25H,6,10,12-18,29H2,1-2H3,(H,30,34)(H,31,35)(H,37,38);(H,6,7)/t22-,24?,25?;/m0./s1. The Hall–Kier alpha value is -3.89. The van der Waals surface area contributed by atoms with Crippen LogP contribution in [0, 0.1) is 0 Å². The Balaban J connectivity index is 0.000000942. The number of carbonyl (C=O) groups is 5. The van der Waals surface area contributed by atoms with Gasteiger partial charge < -0.3 is 31.5 Å². The highest BCUT2D eigenvalue weighted by Gasteiger charge is 2.38. The molecule has 3 rings (SSSR count). The van der Waals surface area contributed by atoms with Gasteiger partial charge >= 0.3 is 18.1 Å². The summed E-state index contributed by atoms with van der Waals surface area (Å²) in [6.45, 7) is 2.74. The van der Waals surface area contributed by atoms with E-state index in [2.05, 4.69) is 10.6 Å². The molecular formula is C30H40F3N5O7S. The number of alkyl halides is 3. The van der Waals surface area contributed by atoms with Crippen LogP contribution in [0.3, 0.4) is 0 Å². The molecule has 6 N–H and O–H groups in total. The number of halogens is 3. The molecule has 1 aliphatic rings. The molecule has 0 bridgehead atoms. The number of nitrogens with one attached hydrogen (secondary N) is 2. The number of nitrogens with zero attached hydrogens (tertiary/aromatic N) is 2. The second kappa shape index (κ2) is 18.3. The molecule has 0 radical (unpaired) electrons. The Morgan fingerprint density at radius 3 is 2.30 bits per heavy atom. The van der Waals surface area contributed by atoms with Gasteiger partial charge in [-0.15, -0.1) is 0 Å². The number of thioether (sulfide) groups is 1. The molecule has 0 spiro atoms. The molecule has 1 heterocycles. The van der Waals surface area contributed by atoms with Gasteiger partial charge in [-0.1, -0.05) is 42.5 Å². The fraction of sp³-hybridized carbons (Fsp3) is 0.500. The minimum Gasteiger partial charge on any atom is -0.480 e. The smallest absolute Gasteiger partial charge is 0.480 e. The molecular weight excluding hydrogens is 631 g/mol. The summed E-state index contributed by atoms with van der Waals surface area (Å²) in [6.07, 6.45) is -1.30. The summed E-state index contributed by atoms with van der Waals surface area (Å²) in [6, 6.07) is 12.1. The van der Waals surface area contributed by atoms with E-state index in [1.165, 1.54) is 18.7 Å². The number of rotatable bonds is 14. The lowest BCUT2D eigenvalue weighted by atomic mass is 10.0. The highest BCUT2D eigenvalue weighted by Crippen LogP contribution is 2.23. The first-order valence-corrected chi connectivity index (χ1v) is 15.8. The van der Waals surface area contributed by atoms with E-state index in [1.54, 1.807) is 4.90 Å². The van der Waals surface area contributed by atoms with Crippen molar-refractivity contribution in [1.29, 1.82) is 0 Å². The highest BCUT2D eigenvalue weighted by molar-refractivity contribution is 7.98. The summed E-state index contributed by atoms with van der Waals surface area (Å²) < 4.78 is 31.7. The maximum Gasteiger partial charge on any atom is 0.490 e. The summed E-state index contributed by atoms with van der Waals surface area (Å²) in [5.41, 5.74) is 6.82. The number of aliphatic carboxylic acids is 2. The van der Waals surface area contributed by atoms with Crippen molar-refractivity contribution in [1.82, 2.24) is 20.4 Å². The van der Waals surface area contributed by atoms with Crippen molar-refractivity contribution in [3.63, 3.8) is 0 Å². The number of carboxylic acids is 2. The summed E-state index contributed by atoms with van der Waals surface area (Å²) >= 11 is 1.53. The predicted molar refractivity (Wildman–Crippen MR) is 167 cm³/mol. The first-order valence-electron chi connectivity index (χ1n) is 14.5. The van der Waals surface area contributed by atoms with Crippen molar-refractivity contribution in [3.8, 4) is 0 Å². The SMILES string of the molecule is CSCCC(NC(=O)CN(Cc1cccc2ccccc12)C[C@@H]1CCCN1C(=O)C(CN)NC(C)=O)C(=O)O.O=C(O)C(F)(F)F. The Labute approximate surface area is 268 Å². The second-order valence-electron chi connectivity index (χ2n) is 10.7. The van der Waals surface area contributed by atoms with Crippen LogP contribution in [0.2, 0.25) is 0 Å². The summed E-state index contributed by atoms with van der Waals surface area (Å²) in [4.78, 5) is 62.2. The van der Waals surface area contributed by atoms with E-state index < -0.39 is 30.2 Å². The van der Waals surface area contributed by atoms with E-state index >= 15 is 0 Å². The Kier molecular flexibility index (Phi) is 15.2. The summed E-state index contributed by atoms with van der Waals surface area (Å²) in [5.74, 6) is -4.13. The lowest BCUT2D eigenvalue weighted by Gasteiger charge is -2.33. The molecule has 1 fully saturated rings. The van der Waals surface area contributed by atoms with Crippen molar-refractivity contribution in [3.05, 3.63) is 48.0 Å². The summed E-state index contributed by atoms with van der Waals surface area (Å²) in [5, 5.41) is 24.2. The zero-order valence-corrected chi connectivity index (χ0v) is 26.4. The number of carbonyl (C=O) groups excluding carboxylic acids is 3. The summed E-state index contributed by atoms with van der Waals surface area (Å²) in [7, 11) is 0. The number of hydrogen-bond donors (Lipinski definition) is 5. The van der Waals surface area contributed by atoms with Gasteiger partial charge in [-0.3, -0.25) is 19.3 Å². The Bertz CT molecular complexity index is 1360. The third kappa shape index (κ3) is 12.1. The van der Waals surface area contributed by atoms with Crippen LogP contribution in [0.5, 0.6) is 0 Å². The van der Waals surface area contributed by atoms with Crippen LogP contribution < -0.4 is 16.4 Å². The molecule has 0 aromatic heterocycles. The van der Waals surface area contributed by atoms with E-state index in [9.17, 15) is 37.5 Å². The van der Waals surface area contributed by atoms with E-state index in [-0.39, 0.29) is 36.9 Å².